The third-order valence-electron chi connectivity index (χ3n) is 3.31. The first-order chi connectivity index (χ1) is 7.33. The quantitative estimate of drug-likeness (QED) is 0.422. The standard InChI is InChI=1S/C12H24BN2/c1-15-12(14)13-11-9-7-5-3-2-4-6-8-10-11/h11H,2-10H2,1H3,(H2,14,15). The third kappa shape index (κ3) is 5.86. The van der Waals surface area contributed by atoms with Crippen molar-refractivity contribution in [3.63, 3.8) is 0 Å². The predicted molar refractivity (Wildman–Crippen MR) is 68.6 cm³/mol. The van der Waals surface area contributed by atoms with Crippen LogP contribution in [0.4, 0.5) is 0 Å². The first-order valence-corrected chi connectivity index (χ1v) is 6.40. The lowest BCUT2D eigenvalue weighted by Gasteiger charge is -2.17. The van der Waals surface area contributed by atoms with E-state index in [0.29, 0.717) is 5.82 Å². The van der Waals surface area contributed by atoms with Crippen LogP contribution in [0, 0.1) is 0 Å². The van der Waals surface area contributed by atoms with Crippen LogP contribution in [0.15, 0.2) is 4.99 Å². The van der Waals surface area contributed by atoms with Gasteiger partial charge in [-0.2, -0.15) is 0 Å². The highest BCUT2D eigenvalue weighted by molar-refractivity contribution is 6.75. The van der Waals surface area contributed by atoms with Crippen molar-refractivity contribution in [3.05, 3.63) is 0 Å². The van der Waals surface area contributed by atoms with Crippen molar-refractivity contribution < 1.29 is 0 Å². The Kier molecular flexibility index (Phi) is 6.54. The predicted octanol–water partition coefficient (Wildman–Crippen LogP) is 2.95. The highest BCUT2D eigenvalue weighted by atomic mass is 14.8. The van der Waals surface area contributed by atoms with Crippen LogP contribution < -0.4 is 5.73 Å². The van der Waals surface area contributed by atoms with Crippen LogP contribution in [-0.2, 0) is 0 Å². The molecule has 0 atom stereocenters. The molecule has 1 rings (SSSR count). The molecule has 0 heterocycles. The van der Waals surface area contributed by atoms with E-state index in [1.165, 1.54) is 57.8 Å². The second-order valence-electron chi connectivity index (χ2n) is 4.63. The minimum absolute atomic E-state index is 0.673. The molecule has 0 unspecified atom stereocenters. The van der Waals surface area contributed by atoms with E-state index in [0.717, 1.165) is 5.73 Å². The number of aliphatic imine (C=N–C) groups is 1. The van der Waals surface area contributed by atoms with Crippen molar-refractivity contribution >= 4 is 13.0 Å². The maximum absolute atomic E-state index is 5.76. The molecule has 85 valence electrons. The summed E-state index contributed by atoms with van der Waals surface area (Å²) in [4.78, 5) is 4.02. The molecule has 3 heteroatoms. The van der Waals surface area contributed by atoms with Gasteiger partial charge in [-0.25, -0.2) is 0 Å². The van der Waals surface area contributed by atoms with Gasteiger partial charge in [0.25, 0.3) is 0 Å². The molecule has 0 aromatic carbocycles. The van der Waals surface area contributed by atoms with Gasteiger partial charge in [-0.3, -0.25) is 4.99 Å². The fourth-order valence-corrected chi connectivity index (χ4v) is 2.32. The summed E-state index contributed by atoms with van der Waals surface area (Å²) in [6.45, 7) is 0. The largest absolute Gasteiger partial charge is 0.396 e. The number of hydrogen-bond acceptors (Lipinski definition) is 1. The lowest BCUT2D eigenvalue weighted by molar-refractivity contribution is 0.503. The van der Waals surface area contributed by atoms with Crippen LogP contribution in [0.3, 0.4) is 0 Å². The van der Waals surface area contributed by atoms with Gasteiger partial charge in [-0.15, -0.1) is 0 Å². The molecular formula is C12H24BN2. The van der Waals surface area contributed by atoms with Gasteiger partial charge in [-0.05, 0) is 0 Å². The number of amidine groups is 1. The monoisotopic (exact) mass is 207 g/mol. The second-order valence-corrected chi connectivity index (χ2v) is 4.63. The number of nitrogens with two attached hydrogens (primary N) is 1. The Morgan fingerprint density at radius 1 is 1.00 bits per heavy atom. The van der Waals surface area contributed by atoms with Crippen molar-refractivity contribution in [3.8, 4) is 0 Å². The lowest BCUT2D eigenvalue weighted by atomic mass is 9.59. The van der Waals surface area contributed by atoms with E-state index in [2.05, 4.69) is 12.3 Å². The molecule has 2 N–H and O–H groups in total. The average Bonchev–Trinajstić information content (AvgIpc) is 2.27. The summed E-state index contributed by atoms with van der Waals surface area (Å²) < 4.78 is 0. The van der Waals surface area contributed by atoms with Crippen LogP contribution >= 0.6 is 0 Å². The van der Waals surface area contributed by atoms with Crippen molar-refractivity contribution in [1.29, 1.82) is 0 Å². The van der Waals surface area contributed by atoms with E-state index < -0.39 is 0 Å². The summed E-state index contributed by atoms with van der Waals surface area (Å²) >= 11 is 0. The van der Waals surface area contributed by atoms with Gasteiger partial charge in [-0.1, -0.05) is 63.6 Å². The Bertz CT molecular complexity index is 182. The normalized spacial score (nSPS) is 22.3. The molecule has 0 aromatic heterocycles. The molecule has 0 aromatic rings. The van der Waals surface area contributed by atoms with Gasteiger partial charge in [0.2, 0.25) is 7.28 Å². The topological polar surface area (TPSA) is 38.4 Å². The van der Waals surface area contributed by atoms with E-state index in [9.17, 15) is 0 Å². The molecule has 15 heavy (non-hydrogen) atoms. The molecule has 1 radical (unpaired) electrons. The van der Waals surface area contributed by atoms with Crippen molar-refractivity contribution in [2.24, 2.45) is 10.7 Å². The zero-order chi connectivity index (χ0) is 10.9. The number of rotatable bonds is 2. The third-order valence-corrected chi connectivity index (χ3v) is 3.31. The van der Waals surface area contributed by atoms with E-state index in [-0.39, 0.29) is 0 Å². The maximum Gasteiger partial charge on any atom is 0.203 e. The zero-order valence-corrected chi connectivity index (χ0v) is 10.0. The van der Waals surface area contributed by atoms with Gasteiger partial charge in [0, 0.05) is 12.8 Å². The minimum Gasteiger partial charge on any atom is -0.396 e. The van der Waals surface area contributed by atoms with Crippen molar-refractivity contribution in [2.45, 2.75) is 63.6 Å². The van der Waals surface area contributed by atoms with Gasteiger partial charge in [0.05, 0.1) is 0 Å². The van der Waals surface area contributed by atoms with Crippen LogP contribution in [0.1, 0.15) is 57.8 Å². The first kappa shape index (κ1) is 12.6. The summed E-state index contributed by atoms with van der Waals surface area (Å²) in [6, 6.07) is 0. The summed E-state index contributed by atoms with van der Waals surface area (Å²) in [5, 5.41) is 0. The number of nitrogens with zero attached hydrogens (tertiary/aromatic N) is 1. The van der Waals surface area contributed by atoms with Gasteiger partial charge >= 0.3 is 0 Å². The molecule has 0 spiro atoms. The highest BCUT2D eigenvalue weighted by Gasteiger charge is 2.13. The van der Waals surface area contributed by atoms with E-state index >= 15 is 0 Å². The molecule has 0 aliphatic heterocycles. The van der Waals surface area contributed by atoms with Crippen LogP contribution in [0.5, 0.6) is 0 Å². The first-order valence-electron chi connectivity index (χ1n) is 6.40. The van der Waals surface area contributed by atoms with Gasteiger partial charge in [0.1, 0.15) is 0 Å². The molecule has 2 nitrogen and oxygen atoms in total. The number of hydrogen-bond donors (Lipinski definition) is 1. The van der Waals surface area contributed by atoms with E-state index in [1.807, 2.05) is 0 Å². The fourth-order valence-electron chi connectivity index (χ4n) is 2.32. The van der Waals surface area contributed by atoms with Crippen LogP contribution in [0.25, 0.3) is 0 Å². The van der Waals surface area contributed by atoms with E-state index in [4.69, 9.17) is 5.73 Å². The van der Waals surface area contributed by atoms with Crippen LogP contribution in [0.2, 0.25) is 5.82 Å². The van der Waals surface area contributed by atoms with Gasteiger partial charge in [0.15, 0.2) is 0 Å². The van der Waals surface area contributed by atoms with Gasteiger partial charge < -0.3 is 5.73 Å². The Morgan fingerprint density at radius 2 is 1.47 bits per heavy atom. The summed E-state index contributed by atoms with van der Waals surface area (Å²) in [5.74, 6) is 0.673. The van der Waals surface area contributed by atoms with Crippen molar-refractivity contribution in [1.82, 2.24) is 0 Å². The molecule has 1 aliphatic carbocycles. The lowest BCUT2D eigenvalue weighted by Crippen LogP contribution is -2.24. The maximum atomic E-state index is 5.76. The molecule has 1 fully saturated rings. The Morgan fingerprint density at radius 3 is 1.93 bits per heavy atom. The smallest absolute Gasteiger partial charge is 0.203 e. The minimum atomic E-state index is 0.673. The Balaban J connectivity index is 2.31. The molecular weight excluding hydrogens is 183 g/mol. The highest BCUT2D eigenvalue weighted by Crippen LogP contribution is 2.24. The average molecular weight is 207 g/mol. The fraction of sp³-hybridized carbons (Fsp3) is 0.917. The molecule has 0 saturated heterocycles. The summed E-state index contributed by atoms with van der Waals surface area (Å²) in [6.07, 6.45) is 12.4. The SMILES string of the molecule is CN=C(N)[B]C1CCCCCCCCC1. The summed E-state index contributed by atoms with van der Waals surface area (Å²) in [5.41, 5.74) is 6.48. The zero-order valence-electron chi connectivity index (χ0n) is 10.0. The van der Waals surface area contributed by atoms with Crippen LogP contribution in [-0.4, -0.2) is 20.1 Å². The Hall–Kier alpha value is -0.465. The molecule has 1 aliphatic rings. The van der Waals surface area contributed by atoms with Crippen molar-refractivity contribution in [2.75, 3.05) is 7.05 Å². The Labute approximate surface area is 95.0 Å². The molecule has 0 bridgehead atoms. The molecule has 0 amide bonds. The molecule has 1 saturated carbocycles. The summed E-state index contributed by atoms with van der Waals surface area (Å²) in [7, 11) is 3.94. The van der Waals surface area contributed by atoms with E-state index in [1.54, 1.807) is 7.05 Å². The second kappa shape index (κ2) is 7.78.